The first kappa shape index (κ1) is 11.0. The van der Waals surface area contributed by atoms with Crippen molar-refractivity contribution in [3.63, 3.8) is 0 Å². The van der Waals surface area contributed by atoms with E-state index in [0.717, 1.165) is 42.4 Å². The van der Waals surface area contributed by atoms with Crippen LogP contribution in [0.3, 0.4) is 0 Å². The zero-order valence-electron chi connectivity index (χ0n) is 9.37. The van der Waals surface area contributed by atoms with Crippen molar-refractivity contribution in [3.05, 3.63) is 34.9 Å². The second kappa shape index (κ2) is 4.29. The Morgan fingerprint density at radius 3 is 2.59 bits per heavy atom. The number of nitrogens with zero attached hydrogens (tertiary/aromatic N) is 1. The van der Waals surface area contributed by atoms with Crippen molar-refractivity contribution in [2.75, 3.05) is 13.1 Å². The zero-order valence-corrected chi connectivity index (χ0v) is 10.1. The molecule has 0 radical (unpaired) electrons. The summed E-state index contributed by atoms with van der Waals surface area (Å²) in [6.07, 6.45) is 1.80. The quantitative estimate of drug-likeness (QED) is 0.799. The molecule has 0 aliphatic carbocycles. The summed E-state index contributed by atoms with van der Waals surface area (Å²) in [4.78, 5) is 10.3. The molecule has 1 aromatic rings. The van der Waals surface area contributed by atoms with Crippen molar-refractivity contribution < 1.29 is 4.84 Å². The Hall–Kier alpha value is -1.10. The average molecular weight is 252 g/mol. The number of rotatable bonds is 1. The normalized spacial score (nSPS) is 22.3. The van der Waals surface area contributed by atoms with E-state index in [2.05, 4.69) is 15.8 Å². The van der Waals surface area contributed by atoms with E-state index in [9.17, 15) is 0 Å². The van der Waals surface area contributed by atoms with Gasteiger partial charge in [0, 0.05) is 23.4 Å². The molecule has 0 atom stereocenters. The summed E-state index contributed by atoms with van der Waals surface area (Å²) in [6, 6.07) is 7.60. The summed E-state index contributed by atoms with van der Waals surface area (Å²) in [6.45, 7) is 1.89. The van der Waals surface area contributed by atoms with Crippen molar-refractivity contribution in [2.45, 2.75) is 18.6 Å². The second-order valence-corrected chi connectivity index (χ2v) is 4.80. The minimum Gasteiger partial charge on any atom is -0.316 e. The first-order valence-electron chi connectivity index (χ1n) is 5.78. The Labute approximate surface area is 105 Å². The molecule has 1 saturated heterocycles. The molecule has 5 heteroatoms. The smallest absolute Gasteiger partial charge is 0.190 e. The van der Waals surface area contributed by atoms with Gasteiger partial charge < -0.3 is 5.32 Å². The third-order valence-electron chi connectivity index (χ3n) is 3.16. The van der Waals surface area contributed by atoms with Crippen LogP contribution in [0.15, 0.2) is 29.3 Å². The number of aliphatic imine (C=N–C) groups is 1. The molecule has 1 fully saturated rings. The van der Waals surface area contributed by atoms with E-state index in [4.69, 9.17) is 16.4 Å². The summed E-state index contributed by atoms with van der Waals surface area (Å²) in [7, 11) is 0. The second-order valence-electron chi connectivity index (χ2n) is 4.37. The average Bonchev–Trinajstić information content (AvgIpc) is 2.75. The van der Waals surface area contributed by atoms with E-state index < -0.39 is 0 Å². The van der Waals surface area contributed by atoms with Gasteiger partial charge in [-0.1, -0.05) is 11.6 Å². The SMILES string of the molecule is Clc1ccc(C2=NC3(CCNCC3)ON2)cc1. The highest BCUT2D eigenvalue weighted by molar-refractivity contribution is 6.30. The Bertz CT molecular complexity index is 438. The van der Waals surface area contributed by atoms with Gasteiger partial charge in [0.25, 0.3) is 0 Å². The van der Waals surface area contributed by atoms with Crippen LogP contribution in [0.1, 0.15) is 18.4 Å². The lowest BCUT2D eigenvalue weighted by Gasteiger charge is -2.28. The van der Waals surface area contributed by atoms with Crippen LogP contribution in [0, 0.1) is 0 Å². The molecule has 2 heterocycles. The Morgan fingerprint density at radius 2 is 1.88 bits per heavy atom. The van der Waals surface area contributed by atoms with Gasteiger partial charge in [-0.3, -0.25) is 0 Å². The Morgan fingerprint density at radius 1 is 1.18 bits per heavy atom. The van der Waals surface area contributed by atoms with Crippen LogP contribution >= 0.6 is 11.6 Å². The fourth-order valence-electron chi connectivity index (χ4n) is 2.16. The number of benzene rings is 1. The fraction of sp³-hybridized carbons (Fsp3) is 0.417. The van der Waals surface area contributed by atoms with Crippen molar-refractivity contribution in [1.82, 2.24) is 10.8 Å². The van der Waals surface area contributed by atoms with Crippen LogP contribution in [-0.4, -0.2) is 24.7 Å². The van der Waals surface area contributed by atoms with Gasteiger partial charge in [-0.15, -0.1) is 0 Å². The molecule has 0 saturated carbocycles. The molecule has 3 rings (SSSR count). The minimum atomic E-state index is -0.375. The highest BCUT2D eigenvalue weighted by Crippen LogP contribution is 2.28. The number of amidine groups is 1. The largest absolute Gasteiger partial charge is 0.316 e. The molecule has 1 spiro atoms. The number of halogens is 1. The van der Waals surface area contributed by atoms with Gasteiger partial charge in [0.1, 0.15) is 0 Å². The molecule has 1 aromatic carbocycles. The molecule has 0 aromatic heterocycles. The zero-order chi connectivity index (χ0) is 11.7. The molecule has 0 bridgehead atoms. The molecule has 0 unspecified atom stereocenters. The van der Waals surface area contributed by atoms with Crippen molar-refractivity contribution in [3.8, 4) is 0 Å². The monoisotopic (exact) mass is 251 g/mol. The molecule has 2 aliphatic rings. The highest BCUT2D eigenvalue weighted by atomic mass is 35.5. The number of nitrogens with one attached hydrogen (secondary N) is 2. The van der Waals surface area contributed by atoms with Gasteiger partial charge in [-0.25, -0.2) is 15.3 Å². The third-order valence-corrected chi connectivity index (χ3v) is 3.41. The lowest BCUT2D eigenvalue weighted by atomic mass is 10.0. The number of piperidine rings is 1. The minimum absolute atomic E-state index is 0.375. The summed E-state index contributed by atoms with van der Waals surface area (Å²) < 4.78 is 0. The van der Waals surface area contributed by atoms with Crippen LogP contribution in [-0.2, 0) is 4.84 Å². The lowest BCUT2D eigenvalue weighted by Crippen LogP contribution is -2.41. The molecular weight excluding hydrogens is 238 g/mol. The Kier molecular flexibility index (Phi) is 2.78. The summed E-state index contributed by atoms with van der Waals surface area (Å²) >= 11 is 5.86. The van der Waals surface area contributed by atoms with Crippen molar-refractivity contribution in [1.29, 1.82) is 0 Å². The number of hydrogen-bond acceptors (Lipinski definition) is 4. The van der Waals surface area contributed by atoms with Crippen LogP contribution < -0.4 is 10.8 Å². The molecule has 4 nitrogen and oxygen atoms in total. The first-order valence-corrected chi connectivity index (χ1v) is 6.16. The third kappa shape index (κ3) is 2.16. The number of hydroxylamine groups is 1. The standard InChI is InChI=1S/C12H14ClN3O/c13-10-3-1-9(2-4-10)11-15-12(17-16-11)5-7-14-8-6-12/h1-4,14H,5-8H2,(H,15,16). The molecule has 2 N–H and O–H groups in total. The van der Waals surface area contributed by atoms with E-state index in [-0.39, 0.29) is 5.72 Å². The number of hydrogen-bond donors (Lipinski definition) is 2. The van der Waals surface area contributed by atoms with E-state index in [1.54, 1.807) is 0 Å². The molecule has 2 aliphatic heterocycles. The van der Waals surface area contributed by atoms with E-state index in [1.807, 2.05) is 24.3 Å². The van der Waals surface area contributed by atoms with Crippen molar-refractivity contribution >= 4 is 17.4 Å². The molecule has 17 heavy (non-hydrogen) atoms. The van der Waals surface area contributed by atoms with Crippen LogP contribution in [0.25, 0.3) is 0 Å². The summed E-state index contributed by atoms with van der Waals surface area (Å²) in [5.41, 5.74) is 3.56. The summed E-state index contributed by atoms with van der Waals surface area (Å²) in [5, 5.41) is 4.03. The van der Waals surface area contributed by atoms with E-state index in [0.29, 0.717) is 0 Å². The van der Waals surface area contributed by atoms with Gasteiger partial charge in [0.05, 0.1) is 0 Å². The van der Waals surface area contributed by atoms with Gasteiger partial charge >= 0.3 is 0 Å². The van der Waals surface area contributed by atoms with Crippen LogP contribution in [0.5, 0.6) is 0 Å². The maximum Gasteiger partial charge on any atom is 0.190 e. The van der Waals surface area contributed by atoms with Crippen molar-refractivity contribution in [2.24, 2.45) is 4.99 Å². The molecule has 90 valence electrons. The van der Waals surface area contributed by atoms with Gasteiger partial charge in [-0.05, 0) is 37.4 Å². The van der Waals surface area contributed by atoms with E-state index in [1.165, 1.54) is 0 Å². The van der Waals surface area contributed by atoms with E-state index >= 15 is 0 Å². The van der Waals surface area contributed by atoms with Crippen LogP contribution in [0.2, 0.25) is 5.02 Å². The van der Waals surface area contributed by atoms with Gasteiger partial charge in [0.2, 0.25) is 0 Å². The Balaban J connectivity index is 1.85. The highest BCUT2D eigenvalue weighted by Gasteiger charge is 2.38. The lowest BCUT2D eigenvalue weighted by molar-refractivity contribution is -0.0720. The topological polar surface area (TPSA) is 45.7 Å². The predicted molar refractivity (Wildman–Crippen MR) is 67.0 cm³/mol. The first-order chi connectivity index (χ1) is 8.27. The maximum atomic E-state index is 5.86. The predicted octanol–water partition coefficient (Wildman–Crippen LogP) is 1.70. The molecule has 0 amide bonds. The summed E-state index contributed by atoms with van der Waals surface area (Å²) in [5.74, 6) is 0.795. The fourth-order valence-corrected chi connectivity index (χ4v) is 2.28. The maximum absolute atomic E-state index is 5.86. The van der Waals surface area contributed by atoms with Gasteiger partial charge in [-0.2, -0.15) is 0 Å². The molecular formula is C12H14ClN3O. The van der Waals surface area contributed by atoms with Crippen LogP contribution in [0.4, 0.5) is 0 Å². The van der Waals surface area contributed by atoms with Gasteiger partial charge in [0.15, 0.2) is 11.6 Å².